The van der Waals surface area contributed by atoms with E-state index in [1.807, 2.05) is 13.0 Å². The smallest absolute Gasteiger partial charge is 0.127 e. The Bertz CT molecular complexity index is 392. The van der Waals surface area contributed by atoms with Gasteiger partial charge in [-0.25, -0.2) is 0 Å². The summed E-state index contributed by atoms with van der Waals surface area (Å²) >= 11 is 0. The second kappa shape index (κ2) is 4.09. The van der Waals surface area contributed by atoms with Crippen LogP contribution in [0.15, 0.2) is 41.1 Å². The van der Waals surface area contributed by atoms with Crippen LogP contribution in [-0.4, -0.2) is 5.16 Å². The van der Waals surface area contributed by atoms with Crippen molar-refractivity contribution in [2.24, 2.45) is 0 Å². The van der Waals surface area contributed by atoms with Gasteiger partial charge in [-0.2, -0.15) is 0 Å². The fourth-order valence-electron chi connectivity index (χ4n) is 1.48. The molecule has 2 heteroatoms. The fourth-order valence-corrected chi connectivity index (χ4v) is 1.48. The van der Waals surface area contributed by atoms with Gasteiger partial charge >= 0.3 is 0 Å². The van der Waals surface area contributed by atoms with Crippen molar-refractivity contribution in [2.75, 3.05) is 0 Å². The van der Waals surface area contributed by atoms with Crippen LogP contribution in [0.4, 0.5) is 0 Å². The van der Waals surface area contributed by atoms with Gasteiger partial charge in [-0.3, -0.25) is 0 Å². The van der Waals surface area contributed by atoms with Crippen molar-refractivity contribution in [1.29, 1.82) is 0 Å². The zero-order valence-corrected chi connectivity index (χ0v) is 8.23. The summed E-state index contributed by atoms with van der Waals surface area (Å²) < 4.78 is 4.88. The predicted molar refractivity (Wildman–Crippen MR) is 55.1 cm³/mol. The molecule has 0 saturated carbocycles. The van der Waals surface area contributed by atoms with Gasteiger partial charge in [0.1, 0.15) is 6.26 Å². The molecule has 0 bridgehead atoms. The molecular weight excluding hydrogens is 174 g/mol. The van der Waals surface area contributed by atoms with Gasteiger partial charge in [0.2, 0.25) is 0 Å². The highest BCUT2D eigenvalue weighted by molar-refractivity contribution is 5.19. The normalized spacial score (nSPS) is 10.4. The predicted octanol–water partition coefficient (Wildman–Crippen LogP) is 2.77. The summed E-state index contributed by atoms with van der Waals surface area (Å²) in [5, 5.41) is 3.85. The largest absolute Gasteiger partial charge is 0.364 e. The lowest BCUT2D eigenvalue weighted by Crippen LogP contribution is -1.91. The summed E-state index contributed by atoms with van der Waals surface area (Å²) in [5.74, 6) is 0. The number of hydrogen-bond donors (Lipinski definition) is 0. The fraction of sp³-hybridized carbons (Fsp3) is 0.250. The molecule has 0 unspecified atom stereocenters. The molecule has 2 rings (SSSR count). The number of aromatic nitrogens is 1. The number of rotatable bonds is 3. The molecule has 0 saturated heterocycles. The van der Waals surface area contributed by atoms with Crippen molar-refractivity contribution in [2.45, 2.75) is 19.8 Å². The van der Waals surface area contributed by atoms with Crippen molar-refractivity contribution in [3.63, 3.8) is 0 Å². The van der Waals surface area contributed by atoms with Crippen molar-refractivity contribution >= 4 is 0 Å². The minimum Gasteiger partial charge on any atom is -0.364 e. The van der Waals surface area contributed by atoms with Gasteiger partial charge in [0, 0.05) is 5.56 Å². The van der Waals surface area contributed by atoms with Crippen LogP contribution in [0.2, 0.25) is 0 Å². The Morgan fingerprint density at radius 3 is 2.57 bits per heavy atom. The maximum atomic E-state index is 4.88. The van der Waals surface area contributed by atoms with E-state index in [1.165, 1.54) is 11.1 Å². The molecule has 2 aromatic rings. The Hall–Kier alpha value is -1.57. The molecule has 1 aromatic carbocycles. The molecule has 0 aliphatic rings. The van der Waals surface area contributed by atoms with E-state index in [2.05, 4.69) is 29.4 Å². The Kier molecular flexibility index (Phi) is 2.63. The van der Waals surface area contributed by atoms with Crippen molar-refractivity contribution in [1.82, 2.24) is 5.16 Å². The lowest BCUT2D eigenvalue weighted by atomic mass is 10.1. The third-order valence-electron chi connectivity index (χ3n) is 2.38. The lowest BCUT2D eigenvalue weighted by Gasteiger charge is -1.98. The van der Waals surface area contributed by atoms with Crippen LogP contribution in [-0.2, 0) is 12.8 Å². The summed E-state index contributed by atoms with van der Waals surface area (Å²) in [5.41, 5.74) is 3.56. The molecule has 0 spiro atoms. The molecule has 0 amide bonds. The third kappa shape index (κ3) is 2.02. The maximum Gasteiger partial charge on any atom is 0.127 e. The average molecular weight is 187 g/mol. The molecule has 0 fully saturated rings. The van der Waals surface area contributed by atoms with Crippen LogP contribution < -0.4 is 0 Å². The molecular formula is C12H13NO. The van der Waals surface area contributed by atoms with Gasteiger partial charge in [0.05, 0.1) is 5.69 Å². The summed E-state index contributed by atoms with van der Waals surface area (Å²) in [4.78, 5) is 0. The zero-order valence-electron chi connectivity index (χ0n) is 8.23. The van der Waals surface area contributed by atoms with Crippen molar-refractivity contribution in [3.8, 4) is 0 Å². The number of benzene rings is 1. The first-order valence-electron chi connectivity index (χ1n) is 4.80. The Labute approximate surface area is 83.5 Å². The molecule has 14 heavy (non-hydrogen) atoms. The molecule has 1 heterocycles. The monoisotopic (exact) mass is 187 g/mol. The van der Waals surface area contributed by atoms with Gasteiger partial charge in [0.15, 0.2) is 0 Å². The molecule has 0 aliphatic carbocycles. The first-order valence-corrected chi connectivity index (χ1v) is 4.80. The van der Waals surface area contributed by atoms with E-state index in [1.54, 1.807) is 6.26 Å². The standard InChI is InChI=1S/C12H13NO/c1-10-12(9-14-13-10)8-7-11-5-3-2-4-6-11/h2-6,9H,7-8H2,1H3. The molecule has 0 aliphatic heterocycles. The number of aryl methyl sites for hydroxylation is 3. The summed E-state index contributed by atoms with van der Waals surface area (Å²) in [6.07, 6.45) is 3.78. The van der Waals surface area contributed by atoms with E-state index in [-0.39, 0.29) is 0 Å². The van der Waals surface area contributed by atoms with E-state index in [9.17, 15) is 0 Å². The van der Waals surface area contributed by atoms with E-state index in [0.717, 1.165) is 18.5 Å². The minimum atomic E-state index is 0.999. The van der Waals surface area contributed by atoms with E-state index < -0.39 is 0 Å². The maximum absolute atomic E-state index is 4.88. The molecule has 0 N–H and O–H groups in total. The van der Waals surface area contributed by atoms with Gasteiger partial charge < -0.3 is 4.52 Å². The van der Waals surface area contributed by atoms with Crippen LogP contribution in [0.1, 0.15) is 16.8 Å². The van der Waals surface area contributed by atoms with Gasteiger partial charge in [-0.1, -0.05) is 35.5 Å². The van der Waals surface area contributed by atoms with Gasteiger partial charge in [0.25, 0.3) is 0 Å². The molecule has 0 radical (unpaired) electrons. The van der Waals surface area contributed by atoms with Crippen LogP contribution >= 0.6 is 0 Å². The van der Waals surface area contributed by atoms with E-state index in [0.29, 0.717) is 0 Å². The van der Waals surface area contributed by atoms with Gasteiger partial charge in [-0.15, -0.1) is 0 Å². The number of hydrogen-bond acceptors (Lipinski definition) is 2. The average Bonchev–Trinajstić information content (AvgIpc) is 2.63. The zero-order chi connectivity index (χ0) is 9.80. The van der Waals surface area contributed by atoms with Gasteiger partial charge in [-0.05, 0) is 25.3 Å². The second-order valence-electron chi connectivity index (χ2n) is 3.41. The van der Waals surface area contributed by atoms with Crippen LogP contribution in [0.5, 0.6) is 0 Å². The second-order valence-corrected chi connectivity index (χ2v) is 3.41. The summed E-state index contributed by atoms with van der Waals surface area (Å²) in [6.45, 7) is 1.98. The highest BCUT2D eigenvalue weighted by Gasteiger charge is 2.02. The Balaban J connectivity index is 1.99. The molecule has 2 nitrogen and oxygen atoms in total. The third-order valence-corrected chi connectivity index (χ3v) is 2.38. The quantitative estimate of drug-likeness (QED) is 0.738. The van der Waals surface area contributed by atoms with Crippen molar-refractivity contribution in [3.05, 3.63) is 53.4 Å². The SMILES string of the molecule is Cc1nocc1CCc1ccccc1. The molecule has 0 atom stereocenters. The van der Waals surface area contributed by atoms with E-state index >= 15 is 0 Å². The summed E-state index contributed by atoms with van der Waals surface area (Å²) in [6, 6.07) is 10.4. The Morgan fingerprint density at radius 1 is 1.14 bits per heavy atom. The number of nitrogens with zero attached hydrogens (tertiary/aromatic N) is 1. The highest BCUT2D eigenvalue weighted by Crippen LogP contribution is 2.09. The van der Waals surface area contributed by atoms with E-state index in [4.69, 9.17) is 4.52 Å². The topological polar surface area (TPSA) is 26.0 Å². The highest BCUT2D eigenvalue weighted by atomic mass is 16.5. The molecule has 72 valence electrons. The minimum absolute atomic E-state index is 0.999. The van der Waals surface area contributed by atoms with Crippen LogP contribution in [0.25, 0.3) is 0 Å². The summed E-state index contributed by atoms with van der Waals surface area (Å²) in [7, 11) is 0. The first kappa shape index (κ1) is 9.00. The van der Waals surface area contributed by atoms with Crippen LogP contribution in [0, 0.1) is 6.92 Å². The van der Waals surface area contributed by atoms with Crippen molar-refractivity contribution < 1.29 is 4.52 Å². The lowest BCUT2D eigenvalue weighted by molar-refractivity contribution is 0.414. The van der Waals surface area contributed by atoms with Crippen LogP contribution in [0.3, 0.4) is 0 Å². The first-order chi connectivity index (χ1) is 6.86. The Morgan fingerprint density at radius 2 is 1.93 bits per heavy atom. The molecule has 1 aromatic heterocycles.